The Hall–Kier alpha value is -5.09. The number of thioether (sulfide) groups is 1. The molecule has 8 nitrogen and oxygen atoms in total. The lowest BCUT2D eigenvalue weighted by Gasteiger charge is -2.14. The molecule has 4 aromatic carbocycles. The summed E-state index contributed by atoms with van der Waals surface area (Å²) in [6.07, 6.45) is 1.29. The second kappa shape index (κ2) is 13.0. The van der Waals surface area contributed by atoms with E-state index >= 15 is 0 Å². The van der Waals surface area contributed by atoms with Gasteiger partial charge >= 0.3 is 0 Å². The first-order chi connectivity index (χ1) is 20.4. The van der Waals surface area contributed by atoms with Gasteiger partial charge in [0.1, 0.15) is 11.5 Å². The molecule has 0 radical (unpaired) electrons. The van der Waals surface area contributed by atoms with Crippen molar-refractivity contribution in [3.05, 3.63) is 120 Å². The number of halogens is 1. The van der Waals surface area contributed by atoms with Crippen LogP contribution in [0.25, 0.3) is 6.08 Å². The van der Waals surface area contributed by atoms with Crippen LogP contribution in [-0.4, -0.2) is 29.8 Å². The first-order valence-corrected chi connectivity index (χ1v) is 13.8. The smallest absolute Gasteiger partial charge is 0.272 e. The maximum Gasteiger partial charge on any atom is 0.272 e. The van der Waals surface area contributed by atoms with Crippen LogP contribution in [0.2, 0.25) is 0 Å². The molecule has 0 spiro atoms. The topological polar surface area (TPSA) is 106 Å². The maximum atomic E-state index is 14.4. The molecule has 42 heavy (non-hydrogen) atoms. The Labute approximate surface area is 245 Å². The minimum Gasteiger partial charge on any atom is -0.454 e. The van der Waals surface area contributed by atoms with Crippen molar-refractivity contribution in [1.29, 1.82) is 0 Å². The van der Waals surface area contributed by atoms with E-state index < -0.39 is 22.9 Å². The highest BCUT2D eigenvalue weighted by molar-refractivity contribution is 8.00. The van der Waals surface area contributed by atoms with Crippen molar-refractivity contribution < 1.29 is 28.2 Å². The minimum absolute atomic E-state index is 0.124. The number of rotatable bonds is 9. The molecule has 1 aliphatic heterocycles. The lowest BCUT2D eigenvalue weighted by Crippen LogP contribution is -2.30. The van der Waals surface area contributed by atoms with Gasteiger partial charge in [0, 0.05) is 33.5 Å². The number of nitrogens with one attached hydrogen (secondary N) is 3. The Morgan fingerprint density at radius 2 is 1.52 bits per heavy atom. The fraction of sp³-hybridized carbons (Fsp3) is 0.0938. The molecule has 0 aliphatic carbocycles. The maximum absolute atomic E-state index is 14.4. The molecule has 0 fully saturated rings. The summed E-state index contributed by atoms with van der Waals surface area (Å²) in [6.45, 7) is 1.94. The van der Waals surface area contributed by atoms with Crippen molar-refractivity contribution in [3.63, 3.8) is 0 Å². The first-order valence-electron chi connectivity index (χ1n) is 13.0. The van der Waals surface area contributed by atoms with E-state index in [-0.39, 0.29) is 24.0 Å². The molecule has 3 amide bonds. The zero-order valence-corrected chi connectivity index (χ0v) is 23.2. The average molecular weight is 584 g/mol. The molecular formula is C32H26FN3O5S. The lowest BCUT2D eigenvalue weighted by molar-refractivity contribution is -0.115. The van der Waals surface area contributed by atoms with E-state index in [2.05, 4.69) is 16.0 Å². The van der Waals surface area contributed by atoms with Gasteiger partial charge in [-0.25, -0.2) is 4.39 Å². The molecule has 1 heterocycles. The van der Waals surface area contributed by atoms with Crippen LogP contribution in [0.1, 0.15) is 22.8 Å². The van der Waals surface area contributed by atoms with Crippen molar-refractivity contribution in [3.8, 4) is 11.5 Å². The zero-order chi connectivity index (χ0) is 29.5. The van der Waals surface area contributed by atoms with Crippen LogP contribution in [0.15, 0.2) is 108 Å². The summed E-state index contributed by atoms with van der Waals surface area (Å²) >= 11 is 1.35. The largest absolute Gasteiger partial charge is 0.454 e. The van der Waals surface area contributed by atoms with Crippen molar-refractivity contribution in [2.75, 3.05) is 17.4 Å². The van der Waals surface area contributed by atoms with Crippen LogP contribution in [0.5, 0.6) is 11.5 Å². The van der Waals surface area contributed by atoms with Gasteiger partial charge in [0.05, 0.1) is 5.25 Å². The van der Waals surface area contributed by atoms with Gasteiger partial charge in [-0.1, -0.05) is 36.4 Å². The SMILES string of the molecule is CC(Sc1ccc(NC(=O)/C(=C/c2ccccc2F)NC(=O)c2ccccc2)cc1)C(=O)Nc1ccc2c(c1)OCO2. The molecule has 5 rings (SSSR count). The number of carbonyl (C=O) groups is 3. The van der Waals surface area contributed by atoms with Gasteiger partial charge < -0.3 is 25.4 Å². The molecule has 10 heteroatoms. The van der Waals surface area contributed by atoms with E-state index in [9.17, 15) is 18.8 Å². The standard InChI is InChI=1S/C32H26FN3O5S/c1-20(30(37)35-24-13-16-28-29(18-24)41-19-40-28)42-25-14-11-23(12-15-25)34-32(39)27(17-22-9-5-6-10-26(22)33)36-31(38)21-7-3-2-4-8-21/h2-18,20H,19H2,1H3,(H,34,39)(H,35,37)(H,36,38)/b27-17-. The average Bonchev–Trinajstić information content (AvgIpc) is 3.47. The van der Waals surface area contributed by atoms with Crippen LogP contribution < -0.4 is 25.4 Å². The number of ether oxygens (including phenoxy) is 2. The lowest BCUT2D eigenvalue weighted by atomic mass is 10.1. The minimum atomic E-state index is -0.626. The Bertz CT molecular complexity index is 1640. The Morgan fingerprint density at radius 1 is 0.833 bits per heavy atom. The molecule has 212 valence electrons. The summed E-state index contributed by atoms with van der Waals surface area (Å²) in [7, 11) is 0. The highest BCUT2D eigenvalue weighted by Gasteiger charge is 2.19. The van der Waals surface area contributed by atoms with Crippen molar-refractivity contribution >= 4 is 46.9 Å². The zero-order valence-electron chi connectivity index (χ0n) is 22.4. The summed E-state index contributed by atoms with van der Waals surface area (Å²) in [6, 6.07) is 26.5. The summed E-state index contributed by atoms with van der Waals surface area (Å²) in [5.74, 6) is -0.635. The molecule has 0 aromatic heterocycles. The van der Waals surface area contributed by atoms with E-state index in [1.807, 2.05) is 0 Å². The molecule has 1 unspecified atom stereocenters. The first kappa shape index (κ1) is 28.4. The van der Waals surface area contributed by atoms with Crippen LogP contribution in [0.3, 0.4) is 0 Å². The molecule has 0 bridgehead atoms. The van der Waals surface area contributed by atoms with Gasteiger partial charge in [0.15, 0.2) is 11.5 Å². The van der Waals surface area contributed by atoms with Gasteiger partial charge in [-0.15, -0.1) is 11.8 Å². The summed E-state index contributed by atoms with van der Waals surface area (Å²) in [4.78, 5) is 39.5. The fourth-order valence-corrected chi connectivity index (χ4v) is 4.85. The summed E-state index contributed by atoms with van der Waals surface area (Å²) < 4.78 is 25.0. The Morgan fingerprint density at radius 3 is 2.29 bits per heavy atom. The van der Waals surface area contributed by atoms with E-state index in [0.29, 0.717) is 28.4 Å². The van der Waals surface area contributed by atoms with E-state index in [0.717, 1.165) is 4.90 Å². The number of hydrogen-bond acceptors (Lipinski definition) is 6. The van der Waals surface area contributed by atoms with Crippen molar-refractivity contribution in [2.24, 2.45) is 0 Å². The number of benzene rings is 4. The summed E-state index contributed by atoms with van der Waals surface area (Å²) in [5.41, 5.74) is 1.43. The predicted octanol–water partition coefficient (Wildman–Crippen LogP) is 6.08. The van der Waals surface area contributed by atoms with Gasteiger partial charge in [-0.2, -0.15) is 0 Å². The fourth-order valence-electron chi connectivity index (χ4n) is 3.98. The third-order valence-corrected chi connectivity index (χ3v) is 7.28. The number of fused-ring (bicyclic) bond motifs is 1. The van der Waals surface area contributed by atoms with Crippen LogP contribution in [0.4, 0.5) is 15.8 Å². The van der Waals surface area contributed by atoms with Gasteiger partial charge in [-0.05, 0) is 67.6 Å². The quantitative estimate of drug-likeness (QED) is 0.163. The number of hydrogen-bond donors (Lipinski definition) is 3. The van der Waals surface area contributed by atoms with Crippen molar-refractivity contribution in [1.82, 2.24) is 5.32 Å². The molecule has 1 aliphatic rings. The predicted molar refractivity (Wildman–Crippen MR) is 160 cm³/mol. The molecule has 4 aromatic rings. The Balaban J connectivity index is 1.23. The van der Waals surface area contributed by atoms with Crippen molar-refractivity contribution in [2.45, 2.75) is 17.1 Å². The second-order valence-electron chi connectivity index (χ2n) is 9.20. The van der Waals surface area contributed by atoms with Gasteiger partial charge in [0.2, 0.25) is 12.7 Å². The number of amides is 3. The van der Waals surface area contributed by atoms with Gasteiger partial charge in [-0.3, -0.25) is 14.4 Å². The molecular weight excluding hydrogens is 557 g/mol. The Kier molecular flexibility index (Phi) is 8.84. The third kappa shape index (κ3) is 7.15. The molecule has 0 saturated heterocycles. The van der Waals surface area contributed by atoms with Crippen LogP contribution in [0, 0.1) is 5.82 Å². The highest BCUT2D eigenvalue weighted by atomic mass is 32.2. The normalized spacial score (nSPS) is 12.8. The molecule has 3 N–H and O–H groups in total. The number of anilines is 2. The van der Waals surface area contributed by atoms with E-state index in [1.165, 1.54) is 36.0 Å². The molecule has 1 atom stereocenters. The summed E-state index contributed by atoms with van der Waals surface area (Å²) in [5, 5.41) is 7.79. The molecule has 0 saturated carbocycles. The third-order valence-electron chi connectivity index (χ3n) is 6.17. The second-order valence-corrected chi connectivity index (χ2v) is 10.6. The van der Waals surface area contributed by atoms with Crippen LogP contribution >= 0.6 is 11.8 Å². The van der Waals surface area contributed by atoms with E-state index in [1.54, 1.807) is 85.8 Å². The monoisotopic (exact) mass is 583 g/mol. The number of carbonyl (C=O) groups excluding carboxylic acids is 3. The highest BCUT2D eigenvalue weighted by Crippen LogP contribution is 2.34. The van der Waals surface area contributed by atoms with Gasteiger partial charge in [0.25, 0.3) is 11.8 Å². The van der Waals surface area contributed by atoms with Crippen LogP contribution in [-0.2, 0) is 9.59 Å². The van der Waals surface area contributed by atoms with E-state index in [4.69, 9.17) is 9.47 Å².